The molecule has 1 N–H and O–H groups in total. The van der Waals surface area contributed by atoms with Gasteiger partial charge in [-0.3, -0.25) is 4.79 Å². The molecule has 2 aromatic carbocycles. The summed E-state index contributed by atoms with van der Waals surface area (Å²) in [4.78, 5) is 12.4. The van der Waals surface area contributed by atoms with Gasteiger partial charge < -0.3 is 10.1 Å². The number of ether oxygens (including phenoxy) is 1. The molecule has 0 aliphatic heterocycles. The van der Waals surface area contributed by atoms with Crippen molar-refractivity contribution in [1.29, 1.82) is 0 Å². The van der Waals surface area contributed by atoms with E-state index in [1.165, 1.54) is 11.0 Å². The van der Waals surface area contributed by atoms with E-state index in [2.05, 4.69) is 36.8 Å². The quantitative estimate of drug-likeness (QED) is 0.655. The monoisotopic (exact) mass is 387 g/mol. The van der Waals surface area contributed by atoms with Gasteiger partial charge in [-0.05, 0) is 40.8 Å². The number of nitrogens with zero attached hydrogens (tertiary/aromatic N) is 4. The molecule has 3 rings (SSSR count). The minimum absolute atomic E-state index is 0.209. The zero-order valence-electron chi connectivity index (χ0n) is 12.6. The van der Waals surface area contributed by atoms with Crippen molar-refractivity contribution in [3.8, 4) is 11.4 Å². The zero-order valence-corrected chi connectivity index (χ0v) is 14.2. The second-order valence-corrected chi connectivity index (χ2v) is 5.75. The average molecular weight is 388 g/mol. The Morgan fingerprint density at radius 3 is 2.88 bits per heavy atom. The Hall–Kier alpha value is -2.74. The first-order valence-electron chi connectivity index (χ1n) is 7.23. The largest absolute Gasteiger partial charge is 0.492 e. The van der Waals surface area contributed by atoms with Crippen molar-refractivity contribution in [2.24, 2.45) is 0 Å². The Labute approximate surface area is 146 Å². The predicted octanol–water partition coefficient (Wildman–Crippen LogP) is 2.23. The summed E-state index contributed by atoms with van der Waals surface area (Å²) in [6, 6.07) is 14.7. The fourth-order valence-corrected chi connectivity index (χ4v) is 2.50. The molecule has 0 radical (unpaired) electrons. The van der Waals surface area contributed by atoms with E-state index in [1.54, 1.807) is 18.2 Å². The Kier molecular flexibility index (Phi) is 5.17. The number of para-hydroxylation sites is 1. The molecule has 0 fully saturated rings. The van der Waals surface area contributed by atoms with Gasteiger partial charge in [0.2, 0.25) is 0 Å². The van der Waals surface area contributed by atoms with E-state index in [0.717, 1.165) is 10.2 Å². The normalized spacial score (nSPS) is 10.4. The molecular weight excluding hydrogens is 374 g/mol. The van der Waals surface area contributed by atoms with Crippen molar-refractivity contribution in [3.63, 3.8) is 0 Å². The van der Waals surface area contributed by atoms with E-state index >= 15 is 0 Å². The highest BCUT2D eigenvalue weighted by Crippen LogP contribution is 2.17. The second-order valence-electron chi connectivity index (χ2n) is 4.83. The lowest BCUT2D eigenvalue weighted by Crippen LogP contribution is -2.29. The number of rotatable bonds is 6. The van der Waals surface area contributed by atoms with Gasteiger partial charge in [0.05, 0.1) is 17.8 Å². The lowest BCUT2D eigenvalue weighted by molar-refractivity contribution is 0.0947. The van der Waals surface area contributed by atoms with Gasteiger partial charge in [-0.1, -0.05) is 34.1 Å². The van der Waals surface area contributed by atoms with Crippen LogP contribution >= 0.6 is 15.9 Å². The number of nitrogens with one attached hydrogen (secondary N) is 1. The van der Waals surface area contributed by atoms with Gasteiger partial charge in [0.25, 0.3) is 5.91 Å². The third-order valence-corrected chi connectivity index (χ3v) is 3.69. The minimum atomic E-state index is -0.209. The molecule has 0 aliphatic carbocycles. The zero-order chi connectivity index (χ0) is 16.8. The van der Waals surface area contributed by atoms with Crippen LogP contribution in [0.3, 0.4) is 0 Å². The lowest BCUT2D eigenvalue weighted by atomic mass is 10.1. The topological polar surface area (TPSA) is 81.9 Å². The number of tetrazole rings is 1. The van der Waals surface area contributed by atoms with Crippen LogP contribution in [-0.4, -0.2) is 39.3 Å². The molecule has 8 heteroatoms. The molecule has 3 aromatic rings. The third-order valence-electron chi connectivity index (χ3n) is 3.20. The molecule has 0 spiro atoms. The van der Waals surface area contributed by atoms with E-state index in [1.807, 2.05) is 30.3 Å². The fraction of sp³-hybridized carbons (Fsp3) is 0.125. The fourth-order valence-electron chi connectivity index (χ4n) is 2.12. The maximum absolute atomic E-state index is 12.4. The van der Waals surface area contributed by atoms with E-state index in [4.69, 9.17) is 4.74 Å². The van der Waals surface area contributed by atoms with Crippen LogP contribution in [0.4, 0.5) is 0 Å². The van der Waals surface area contributed by atoms with Gasteiger partial charge in [0.15, 0.2) is 0 Å². The Morgan fingerprint density at radius 1 is 1.21 bits per heavy atom. The highest BCUT2D eigenvalue weighted by Gasteiger charge is 2.12. The average Bonchev–Trinajstić information content (AvgIpc) is 3.13. The molecule has 0 saturated heterocycles. The molecular formula is C16H14BrN5O2. The van der Waals surface area contributed by atoms with Crippen LogP contribution in [0.5, 0.6) is 5.75 Å². The molecule has 7 nitrogen and oxygen atoms in total. The van der Waals surface area contributed by atoms with E-state index < -0.39 is 0 Å². The molecule has 0 bridgehead atoms. The summed E-state index contributed by atoms with van der Waals surface area (Å²) in [5.74, 6) is 0.534. The highest BCUT2D eigenvalue weighted by molar-refractivity contribution is 9.10. The first-order chi connectivity index (χ1) is 11.7. The number of benzene rings is 2. The maximum Gasteiger partial charge on any atom is 0.253 e. The van der Waals surface area contributed by atoms with Crippen molar-refractivity contribution in [2.75, 3.05) is 13.2 Å². The van der Waals surface area contributed by atoms with Gasteiger partial charge in [-0.25, -0.2) is 0 Å². The van der Waals surface area contributed by atoms with Crippen LogP contribution in [0.1, 0.15) is 10.4 Å². The van der Waals surface area contributed by atoms with Crippen molar-refractivity contribution in [3.05, 3.63) is 64.9 Å². The van der Waals surface area contributed by atoms with Crippen LogP contribution in [0.15, 0.2) is 59.3 Å². The first-order valence-corrected chi connectivity index (χ1v) is 8.02. The Bertz CT molecular complexity index is 823. The summed E-state index contributed by atoms with van der Waals surface area (Å²) in [6.07, 6.45) is 1.45. The highest BCUT2D eigenvalue weighted by atomic mass is 79.9. The molecule has 122 valence electrons. The molecule has 1 amide bonds. The second kappa shape index (κ2) is 7.69. The molecule has 0 saturated carbocycles. The van der Waals surface area contributed by atoms with Crippen molar-refractivity contribution in [1.82, 2.24) is 25.5 Å². The smallest absolute Gasteiger partial charge is 0.253 e. The van der Waals surface area contributed by atoms with Gasteiger partial charge in [0, 0.05) is 4.47 Å². The van der Waals surface area contributed by atoms with Crippen molar-refractivity contribution in [2.45, 2.75) is 0 Å². The Morgan fingerprint density at radius 2 is 2.08 bits per heavy atom. The number of carbonyl (C=O) groups is 1. The lowest BCUT2D eigenvalue weighted by Gasteiger charge is -2.10. The minimum Gasteiger partial charge on any atom is -0.492 e. The summed E-state index contributed by atoms with van der Waals surface area (Å²) in [6.45, 7) is 0.754. The van der Waals surface area contributed by atoms with Gasteiger partial charge in [-0.15, -0.1) is 5.10 Å². The number of amides is 1. The van der Waals surface area contributed by atoms with Crippen LogP contribution in [0, 0.1) is 0 Å². The van der Waals surface area contributed by atoms with E-state index in [0.29, 0.717) is 24.4 Å². The number of halogens is 1. The van der Waals surface area contributed by atoms with Crippen molar-refractivity contribution < 1.29 is 9.53 Å². The molecule has 0 atom stereocenters. The summed E-state index contributed by atoms with van der Waals surface area (Å²) >= 11 is 3.38. The summed E-state index contributed by atoms with van der Waals surface area (Å²) in [7, 11) is 0. The van der Waals surface area contributed by atoms with Gasteiger partial charge in [0.1, 0.15) is 18.7 Å². The summed E-state index contributed by atoms with van der Waals surface area (Å²) in [5.41, 5.74) is 1.11. The number of aromatic nitrogens is 4. The molecule has 1 heterocycles. The molecule has 1 aromatic heterocycles. The van der Waals surface area contributed by atoms with E-state index in [-0.39, 0.29) is 5.91 Å². The maximum atomic E-state index is 12.4. The SMILES string of the molecule is O=C(NCCOc1cccc(Br)c1)c1ccccc1-n1cnnn1. The van der Waals surface area contributed by atoms with Crippen LogP contribution in [0.2, 0.25) is 0 Å². The standard InChI is InChI=1S/C16H14BrN5O2/c17-12-4-3-5-13(10-12)24-9-8-18-16(23)14-6-1-2-7-15(14)22-11-19-20-21-22/h1-7,10-11H,8-9H2,(H,18,23). The van der Waals surface area contributed by atoms with Gasteiger partial charge in [-0.2, -0.15) is 4.68 Å². The summed E-state index contributed by atoms with van der Waals surface area (Å²) in [5, 5.41) is 13.8. The number of hydrogen-bond donors (Lipinski definition) is 1. The first kappa shape index (κ1) is 16.1. The third kappa shape index (κ3) is 3.96. The van der Waals surface area contributed by atoms with Crippen LogP contribution in [-0.2, 0) is 0 Å². The molecule has 0 unspecified atom stereocenters. The molecule has 0 aliphatic rings. The molecule has 24 heavy (non-hydrogen) atoms. The predicted molar refractivity (Wildman–Crippen MR) is 91.1 cm³/mol. The van der Waals surface area contributed by atoms with Gasteiger partial charge >= 0.3 is 0 Å². The van der Waals surface area contributed by atoms with Crippen LogP contribution in [0.25, 0.3) is 5.69 Å². The van der Waals surface area contributed by atoms with Crippen molar-refractivity contribution >= 4 is 21.8 Å². The summed E-state index contributed by atoms with van der Waals surface area (Å²) < 4.78 is 7.99. The Balaban J connectivity index is 1.58. The number of hydrogen-bond acceptors (Lipinski definition) is 5. The van der Waals surface area contributed by atoms with E-state index in [9.17, 15) is 4.79 Å². The number of carbonyl (C=O) groups excluding carboxylic acids is 1. The van der Waals surface area contributed by atoms with Crippen LogP contribution < -0.4 is 10.1 Å².